The number of hydrogen-bond donors (Lipinski definition) is 0. The third-order valence-electron chi connectivity index (χ3n) is 6.05. The van der Waals surface area contributed by atoms with Crippen LogP contribution in [0.2, 0.25) is 0 Å². The first kappa shape index (κ1) is 32.9. The molecule has 0 bridgehead atoms. The van der Waals surface area contributed by atoms with E-state index in [1.54, 1.807) is 0 Å². The normalized spacial score (nSPS) is 11.4. The van der Waals surface area contributed by atoms with E-state index in [0.29, 0.717) is 26.1 Å². The summed E-state index contributed by atoms with van der Waals surface area (Å²) in [5.74, 6) is -0.101. The molecule has 0 radical (unpaired) electrons. The van der Waals surface area contributed by atoms with Crippen LogP contribution in [0.5, 0.6) is 0 Å². The van der Waals surface area contributed by atoms with E-state index in [4.69, 9.17) is 9.47 Å². The topological polar surface area (TPSA) is 59.1 Å². The van der Waals surface area contributed by atoms with E-state index >= 15 is 0 Å². The van der Waals surface area contributed by atoms with Crippen LogP contribution in [0.15, 0.2) is 0 Å². The van der Waals surface area contributed by atoms with Gasteiger partial charge in [-0.3, -0.25) is 9.59 Å². The first-order valence-electron chi connectivity index (χ1n) is 14.2. The molecule has 0 aromatic heterocycles. The van der Waals surface area contributed by atoms with Crippen molar-refractivity contribution in [2.45, 2.75) is 117 Å². The van der Waals surface area contributed by atoms with Crippen LogP contribution >= 0.6 is 0 Å². The molecule has 0 amide bonds. The number of esters is 2. The highest BCUT2D eigenvalue weighted by Gasteiger charge is 2.09. The third-order valence-corrected chi connectivity index (χ3v) is 6.05. The molecule has 0 aliphatic rings. The van der Waals surface area contributed by atoms with E-state index in [-0.39, 0.29) is 11.9 Å². The van der Waals surface area contributed by atoms with E-state index in [1.807, 2.05) is 6.92 Å². The molecule has 0 aliphatic heterocycles. The summed E-state index contributed by atoms with van der Waals surface area (Å²) in [6, 6.07) is 0. The maximum atomic E-state index is 11.8. The maximum absolute atomic E-state index is 11.8. The summed E-state index contributed by atoms with van der Waals surface area (Å²) in [6.07, 6.45) is 17.1. The lowest BCUT2D eigenvalue weighted by atomic mass is 10.1. The van der Waals surface area contributed by atoms with Gasteiger partial charge in [-0.25, -0.2) is 0 Å². The lowest BCUT2D eigenvalue weighted by Crippen LogP contribution is -2.31. The Balaban J connectivity index is 3.75. The second-order valence-electron chi connectivity index (χ2n) is 9.83. The average Bonchev–Trinajstić information content (AvgIpc) is 2.81. The number of nitrogens with zero attached hydrogens (tertiary/aromatic N) is 2. The van der Waals surface area contributed by atoms with Crippen molar-refractivity contribution in [3.63, 3.8) is 0 Å². The Morgan fingerprint density at radius 1 is 0.529 bits per heavy atom. The van der Waals surface area contributed by atoms with Crippen molar-refractivity contribution in [3.8, 4) is 0 Å². The van der Waals surface area contributed by atoms with Crippen LogP contribution in [0, 0.1) is 0 Å². The summed E-state index contributed by atoms with van der Waals surface area (Å²) in [7, 11) is 4.20. The second-order valence-corrected chi connectivity index (χ2v) is 9.83. The predicted molar refractivity (Wildman–Crippen MR) is 142 cm³/mol. The molecule has 0 rings (SSSR count). The number of ether oxygens (including phenoxy) is 2. The summed E-state index contributed by atoms with van der Waals surface area (Å²) in [4.78, 5) is 28.2. The molecule has 0 N–H and O–H groups in total. The smallest absolute Gasteiger partial charge is 0.307 e. The second kappa shape index (κ2) is 25.0. The molecule has 6 nitrogen and oxygen atoms in total. The van der Waals surface area contributed by atoms with Crippen LogP contribution in [0.1, 0.15) is 117 Å². The van der Waals surface area contributed by atoms with E-state index in [9.17, 15) is 9.59 Å². The Morgan fingerprint density at radius 2 is 1.09 bits per heavy atom. The van der Waals surface area contributed by atoms with Gasteiger partial charge in [0.05, 0.1) is 19.6 Å². The summed E-state index contributed by atoms with van der Waals surface area (Å²) in [6.45, 7) is 9.27. The fourth-order valence-corrected chi connectivity index (χ4v) is 3.94. The standard InChI is InChI=1S/C28H56N2O4/c1-5-7-8-9-12-15-19-27(31)34-26-17-14-11-10-13-16-22-30(23-18-21-29(3)4)24-20-28(32)33-25-6-2/h5-26H2,1-4H3. The Morgan fingerprint density at radius 3 is 1.76 bits per heavy atom. The molecule has 0 spiro atoms. The molecule has 6 heteroatoms. The molecule has 0 saturated carbocycles. The fourth-order valence-electron chi connectivity index (χ4n) is 3.94. The molecule has 0 aromatic rings. The minimum Gasteiger partial charge on any atom is -0.466 e. The summed E-state index contributed by atoms with van der Waals surface area (Å²) >= 11 is 0. The van der Waals surface area contributed by atoms with E-state index in [2.05, 4.69) is 30.8 Å². The van der Waals surface area contributed by atoms with Crippen LogP contribution in [-0.2, 0) is 19.1 Å². The Kier molecular flexibility index (Phi) is 24.1. The lowest BCUT2D eigenvalue weighted by molar-refractivity contribution is -0.144. The van der Waals surface area contributed by atoms with Crippen LogP contribution in [0.3, 0.4) is 0 Å². The average molecular weight is 485 g/mol. The van der Waals surface area contributed by atoms with Crippen molar-refractivity contribution in [3.05, 3.63) is 0 Å². The van der Waals surface area contributed by atoms with Crippen LogP contribution in [-0.4, -0.2) is 75.2 Å². The highest BCUT2D eigenvalue weighted by Crippen LogP contribution is 2.10. The lowest BCUT2D eigenvalue weighted by Gasteiger charge is -2.23. The van der Waals surface area contributed by atoms with Crippen molar-refractivity contribution in [1.29, 1.82) is 0 Å². The SMILES string of the molecule is CCCCCCCCC(=O)OCCCCCCCCN(CCCN(C)C)CCC(=O)OCCC. The molecule has 0 aromatic carbocycles. The van der Waals surface area contributed by atoms with Crippen molar-refractivity contribution >= 4 is 11.9 Å². The first-order valence-corrected chi connectivity index (χ1v) is 14.2. The van der Waals surface area contributed by atoms with E-state index in [0.717, 1.165) is 64.7 Å². The number of rotatable bonds is 25. The molecule has 0 heterocycles. The van der Waals surface area contributed by atoms with Crippen molar-refractivity contribution in [2.24, 2.45) is 0 Å². The fraction of sp³-hybridized carbons (Fsp3) is 0.929. The highest BCUT2D eigenvalue weighted by atomic mass is 16.5. The molecule has 34 heavy (non-hydrogen) atoms. The zero-order valence-corrected chi connectivity index (χ0v) is 23.1. The quantitative estimate of drug-likeness (QED) is 0.113. The number of carbonyl (C=O) groups is 2. The molecular formula is C28H56N2O4. The predicted octanol–water partition coefficient (Wildman–Crippen LogP) is 6.22. The van der Waals surface area contributed by atoms with Crippen LogP contribution in [0.4, 0.5) is 0 Å². The van der Waals surface area contributed by atoms with Gasteiger partial charge in [-0.05, 0) is 65.8 Å². The maximum Gasteiger partial charge on any atom is 0.307 e. The van der Waals surface area contributed by atoms with Crippen LogP contribution in [0.25, 0.3) is 0 Å². The summed E-state index contributed by atoms with van der Waals surface area (Å²) in [5, 5.41) is 0. The van der Waals surface area contributed by atoms with Gasteiger partial charge in [-0.1, -0.05) is 71.6 Å². The Bertz CT molecular complexity index is 471. The van der Waals surface area contributed by atoms with E-state index in [1.165, 1.54) is 51.4 Å². The Hall–Kier alpha value is -1.14. The van der Waals surface area contributed by atoms with Crippen LogP contribution < -0.4 is 0 Å². The molecular weight excluding hydrogens is 428 g/mol. The van der Waals surface area contributed by atoms with E-state index < -0.39 is 0 Å². The van der Waals surface area contributed by atoms with Gasteiger partial charge in [0.15, 0.2) is 0 Å². The van der Waals surface area contributed by atoms with Gasteiger partial charge in [0.1, 0.15) is 0 Å². The van der Waals surface area contributed by atoms with Crippen molar-refractivity contribution in [1.82, 2.24) is 9.80 Å². The molecule has 0 atom stereocenters. The number of carbonyl (C=O) groups excluding carboxylic acids is 2. The van der Waals surface area contributed by atoms with Crippen molar-refractivity contribution < 1.29 is 19.1 Å². The summed E-state index contributed by atoms with van der Waals surface area (Å²) in [5.41, 5.74) is 0. The van der Waals surface area contributed by atoms with Gasteiger partial charge in [0, 0.05) is 13.0 Å². The van der Waals surface area contributed by atoms with Gasteiger partial charge in [-0.2, -0.15) is 0 Å². The third kappa shape index (κ3) is 24.0. The molecule has 0 aliphatic carbocycles. The molecule has 0 saturated heterocycles. The number of hydrogen-bond acceptors (Lipinski definition) is 6. The van der Waals surface area contributed by atoms with Gasteiger partial charge in [0.25, 0.3) is 0 Å². The minimum atomic E-state index is -0.0767. The van der Waals surface area contributed by atoms with Gasteiger partial charge in [-0.15, -0.1) is 0 Å². The minimum absolute atomic E-state index is 0.0246. The Labute approximate surface area is 211 Å². The van der Waals surface area contributed by atoms with Gasteiger partial charge < -0.3 is 19.3 Å². The van der Waals surface area contributed by atoms with Crippen molar-refractivity contribution in [2.75, 3.05) is 53.5 Å². The molecule has 0 fully saturated rings. The highest BCUT2D eigenvalue weighted by molar-refractivity contribution is 5.69. The monoisotopic (exact) mass is 484 g/mol. The largest absolute Gasteiger partial charge is 0.466 e. The van der Waals surface area contributed by atoms with Gasteiger partial charge in [0.2, 0.25) is 0 Å². The van der Waals surface area contributed by atoms with Gasteiger partial charge >= 0.3 is 11.9 Å². The first-order chi connectivity index (χ1) is 16.5. The molecule has 0 unspecified atom stereocenters. The summed E-state index contributed by atoms with van der Waals surface area (Å²) < 4.78 is 10.6. The zero-order valence-electron chi connectivity index (χ0n) is 23.1. The zero-order chi connectivity index (χ0) is 25.3. The number of unbranched alkanes of at least 4 members (excludes halogenated alkanes) is 10. The molecule has 202 valence electrons.